The predicted molar refractivity (Wildman–Crippen MR) is 84.1 cm³/mol. The van der Waals surface area contributed by atoms with Gasteiger partial charge in [-0.3, -0.25) is 9.59 Å². The summed E-state index contributed by atoms with van der Waals surface area (Å²) in [4.78, 5) is 24.0. The molecule has 6 nitrogen and oxygen atoms in total. The number of aryl methyl sites for hydroxylation is 1. The maximum Gasteiger partial charge on any atom is 0.291 e. The molecule has 0 spiro atoms. The summed E-state index contributed by atoms with van der Waals surface area (Å²) in [7, 11) is 1.82. The molecule has 3 N–H and O–H groups in total. The highest BCUT2D eigenvalue weighted by molar-refractivity contribution is 6.03. The predicted octanol–water partition coefficient (Wildman–Crippen LogP) is 1.79. The van der Waals surface area contributed by atoms with Gasteiger partial charge in [0.05, 0.1) is 6.26 Å². The molecule has 1 aromatic heterocycles. The molecule has 0 saturated heterocycles. The number of amides is 2. The molecule has 6 heteroatoms. The van der Waals surface area contributed by atoms with Gasteiger partial charge < -0.3 is 20.4 Å². The van der Waals surface area contributed by atoms with Crippen molar-refractivity contribution < 1.29 is 14.0 Å². The number of likely N-dealkylation sites (N-methyl/N-ethyl adjacent to an activating group) is 1. The monoisotopic (exact) mass is 301 g/mol. The Kier molecular flexibility index (Phi) is 5.32. The summed E-state index contributed by atoms with van der Waals surface area (Å²) >= 11 is 0. The number of hydrogen-bond acceptors (Lipinski definition) is 4. The fourth-order valence-corrected chi connectivity index (χ4v) is 1.89. The zero-order chi connectivity index (χ0) is 15.9. The SMILES string of the molecule is CNCCNC(=O)c1ccc(C)c(NC(=O)c2ccco2)c1. The van der Waals surface area contributed by atoms with E-state index in [1.807, 2.05) is 14.0 Å². The first-order valence-corrected chi connectivity index (χ1v) is 7.00. The summed E-state index contributed by atoms with van der Waals surface area (Å²) < 4.78 is 5.05. The average molecular weight is 301 g/mol. The molecule has 0 aliphatic rings. The van der Waals surface area contributed by atoms with Crippen LogP contribution in [0.3, 0.4) is 0 Å². The standard InChI is InChI=1S/C16H19N3O3/c1-11-5-6-12(15(20)18-8-7-17-2)10-13(11)19-16(21)14-4-3-9-22-14/h3-6,9-10,17H,7-8H2,1-2H3,(H,18,20)(H,19,21). The molecule has 0 fully saturated rings. The second-order valence-corrected chi connectivity index (χ2v) is 4.82. The Morgan fingerprint density at radius 1 is 1.14 bits per heavy atom. The van der Waals surface area contributed by atoms with Gasteiger partial charge in [-0.05, 0) is 43.8 Å². The van der Waals surface area contributed by atoms with Gasteiger partial charge in [-0.15, -0.1) is 0 Å². The van der Waals surface area contributed by atoms with E-state index in [-0.39, 0.29) is 17.6 Å². The molecule has 0 saturated carbocycles. The highest BCUT2D eigenvalue weighted by Gasteiger charge is 2.12. The number of furan rings is 1. The maximum absolute atomic E-state index is 12.0. The van der Waals surface area contributed by atoms with E-state index < -0.39 is 0 Å². The third-order valence-electron chi connectivity index (χ3n) is 3.15. The second kappa shape index (κ2) is 7.42. The van der Waals surface area contributed by atoms with E-state index in [0.717, 1.165) is 5.56 Å². The Bertz CT molecular complexity index is 651. The fraction of sp³-hybridized carbons (Fsp3) is 0.250. The van der Waals surface area contributed by atoms with E-state index in [1.54, 1.807) is 30.3 Å². The number of carbonyl (C=O) groups excluding carboxylic acids is 2. The second-order valence-electron chi connectivity index (χ2n) is 4.82. The van der Waals surface area contributed by atoms with Crippen LogP contribution in [0, 0.1) is 6.92 Å². The largest absolute Gasteiger partial charge is 0.459 e. The van der Waals surface area contributed by atoms with E-state index in [2.05, 4.69) is 16.0 Å². The van der Waals surface area contributed by atoms with Gasteiger partial charge in [0, 0.05) is 24.3 Å². The van der Waals surface area contributed by atoms with Gasteiger partial charge in [0.15, 0.2) is 5.76 Å². The van der Waals surface area contributed by atoms with E-state index in [0.29, 0.717) is 24.3 Å². The van der Waals surface area contributed by atoms with Crippen LogP contribution in [0.1, 0.15) is 26.5 Å². The molecule has 0 atom stereocenters. The Balaban J connectivity index is 2.09. The van der Waals surface area contributed by atoms with E-state index >= 15 is 0 Å². The molecule has 116 valence electrons. The minimum Gasteiger partial charge on any atom is -0.459 e. The highest BCUT2D eigenvalue weighted by atomic mass is 16.3. The lowest BCUT2D eigenvalue weighted by atomic mass is 10.1. The van der Waals surface area contributed by atoms with Crippen LogP contribution >= 0.6 is 0 Å². The summed E-state index contributed by atoms with van der Waals surface area (Å²) in [5.74, 6) is -0.298. The molecule has 1 aromatic carbocycles. The molecule has 2 rings (SSSR count). The molecule has 0 radical (unpaired) electrons. The zero-order valence-corrected chi connectivity index (χ0v) is 12.6. The van der Waals surface area contributed by atoms with Crippen molar-refractivity contribution in [1.29, 1.82) is 0 Å². The lowest BCUT2D eigenvalue weighted by molar-refractivity contribution is 0.0952. The van der Waals surface area contributed by atoms with Crippen LogP contribution in [0.2, 0.25) is 0 Å². The number of nitrogens with one attached hydrogen (secondary N) is 3. The lowest BCUT2D eigenvalue weighted by Gasteiger charge is -2.10. The molecule has 2 amide bonds. The Morgan fingerprint density at radius 3 is 2.64 bits per heavy atom. The first-order chi connectivity index (χ1) is 10.6. The van der Waals surface area contributed by atoms with Crippen molar-refractivity contribution in [3.8, 4) is 0 Å². The van der Waals surface area contributed by atoms with E-state index in [9.17, 15) is 9.59 Å². The molecule has 2 aromatic rings. The first-order valence-electron chi connectivity index (χ1n) is 7.00. The van der Waals surface area contributed by atoms with Crippen molar-refractivity contribution in [2.24, 2.45) is 0 Å². The summed E-state index contributed by atoms with van der Waals surface area (Å²) in [5, 5.41) is 8.50. The molecule has 0 unspecified atom stereocenters. The Hall–Kier alpha value is -2.60. The molecule has 0 aliphatic carbocycles. The normalized spacial score (nSPS) is 10.3. The van der Waals surface area contributed by atoms with Crippen LogP contribution < -0.4 is 16.0 Å². The van der Waals surface area contributed by atoms with Crippen LogP contribution in [0.15, 0.2) is 41.0 Å². The summed E-state index contributed by atoms with van der Waals surface area (Å²) in [6, 6.07) is 8.41. The van der Waals surface area contributed by atoms with Gasteiger partial charge in [-0.2, -0.15) is 0 Å². The molecule has 0 bridgehead atoms. The van der Waals surface area contributed by atoms with Crippen molar-refractivity contribution >= 4 is 17.5 Å². The van der Waals surface area contributed by atoms with Crippen molar-refractivity contribution in [2.75, 3.05) is 25.5 Å². The Labute approximate surface area is 128 Å². The summed E-state index contributed by atoms with van der Waals surface area (Å²) in [5.41, 5.74) is 1.95. The van der Waals surface area contributed by atoms with Gasteiger partial charge in [0.1, 0.15) is 0 Å². The molecule has 22 heavy (non-hydrogen) atoms. The Morgan fingerprint density at radius 2 is 1.95 bits per heavy atom. The van der Waals surface area contributed by atoms with E-state index in [1.165, 1.54) is 6.26 Å². The minimum absolute atomic E-state index is 0.177. The highest BCUT2D eigenvalue weighted by Crippen LogP contribution is 2.18. The number of benzene rings is 1. The van der Waals surface area contributed by atoms with Crippen LogP contribution in [0.25, 0.3) is 0 Å². The number of anilines is 1. The topological polar surface area (TPSA) is 83.4 Å². The van der Waals surface area contributed by atoms with Crippen LogP contribution in [0.4, 0.5) is 5.69 Å². The average Bonchev–Trinajstić information content (AvgIpc) is 3.04. The van der Waals surface area contributed by atoms with Gasteiger partial charge in [-0.25, -0.2) is 0 Å². The van der Waals surface area contributed by atoms with Gasteiger partial charge in [0.25, 0.3) is 11.8 Å². The van der Waals surface area contributed by atoms with Crippen molar-refractivity contribution in [1.82, 2.24) is 10.6 Å². The summed E-state index contributed by atoms with van der Waals surface area (Å²) in [6.07, 6.45) is 1.44. The minimum atomic E-state index is -0.346. The quantitative estimate of drug-likeness (QED) is 0.710. The maximum atomic E-state index is 12.0. The van der Waals surface area contributed by atoms with Crippen molar-refractivity contribution in [3.05, 3.63) is 53.5 Å². The van der Waals surface area contributed by atoms with Crippen LogP contribution in [-0.2, 0) is 0 Å². The zero-order valence-electron chi connectivity index (χ0n) is 12.6. The van der Waals surface area contributed by atoms with Gasteiger partial charge in [-0.1, -0.05) is 6.07 Å². The van der Waals surface area contributed by atoms with Gasteiger partial charge in [0.2, 0.25) is 0 Å². The number of rotatable bonds is 6. The lowest BCUT2D eigenvalue weighted by Crippen LogP contribution is -2.30. The smallest absolute Gasteiger partial charge is 0.291 e. The van der Waals surface area contributed by atoms with Crippen molar-refractivity contribution in [3.63, 3.8) is 0 Å². The number of carbonyl (C=O) groups is 2. The van der Waals surface area contributed by atoms with Crippen molar-refractivity contribution in [2.45, 2.75) is 6.92 Å². The molecule has 0 aliphatic heterocycles. The van der Waals surface area contributed by atoms with Crippen LogP contribution in [0.5, 0.6) is 0 Å². The first kappa shape index (κ1) is 15.8. The van der Waals surface area contributed by atoms with E-state index in [4.69, 9.17) is 4.42 Å². The van der Waals surface area contributed by atoms with Crippen LogP contribution in [-0.4, -0.2) is 32.0 Å². The molecular formula is C16H19N3O3. The molecule has 1 heterocycles. The third kappa shape index (κ3) is 3.95. The van der Waals surface area contributed by atoms with Gasteiger partial charge >= 0.3 is 0 Å². The summed E-state index contributed by atoms with van der Waals surface area (Å²) in [6.45, 7) is 3.09. The fourth-order valence-electron chi connectivity index (χ4n) is 1.89. The molecular weight excluding hydrogens is 282 g/mol. The number of hydrogen-bond donors (Lipinski definition) is 3. The third-order valence-corrected chi connectivity index (χ3v) is 3.15.